The number of carbonyl (C=O) groups excluding carboxylic acids is 1. The van der Waals surface area contributed by atoms with Crippen LogP contribution in [0.1, 0.15) is 15.9 Å². The monoisotopic (exact) mass is 318 g/mol. The minimum absolute atomic E-state index is 0.0894. The molecule has 3 nitrogen and oxygen atoms in total. The lowest BCUT2D eigenvalue weighted by atomic mass is 10.1. The predicted octanol–water partition coefficient (Wildman–Crippen LogP) is 3.62. The van der Waals surface area contributed by atoms with Crippen molar-refractivity contribution in [3.8, 4) is 0 Å². The van der Waals surface area contributed by atoms with E-state index in [1.807, 2.05) is 43.3 Å². The van der Waals surface area contributed by atoms with Gasteiger partial charge in [0, 0.05) is 11.5 Å². The first-order valence-corrected chi connectivity index (χ1v) is 6.68. The zero-order valence-corrected chi connectivity index (χ0v) is 12.4. The first-order chi connectivity index (χ1) is 9.00. The van der Waals surface area contributed by atoms with Gasteiger partial charge < -0.3 is 10.6 Å². The SMILES string of the molecule is Cc1ccc(Br)c(C(=O)N(C)c2ccccc2N)c1. The summed E-state index contributed by atoms with van der Waals surface area (Å²) in [6.45, 7) is 1.96. The highest BCUT2D eigenvalue weighted by Crippen LogP contribution is 2.25. The number of nitrogens with zero attached hydrogens (tertiary/aromatic N) is 1. The number of rotatable bonds is 2. The topological polar surface area (TPSA) is 46.3 Å². The molecule has 0 unspecified atom stereocenters. The second kappa shape index (κ2) is 5.45. The number of hydrogen-bond acceptors (Lipinski definition) is 2. The summed E-state index contributed by atoms with van der Waals surface area (Å²) in [5.74, 6) is -0.0894. The number of anilines is 2. The molecule has 2 N–H and O–H groups in total. The minimum atomic E-state index is -0.0894. The van der Waals surface area contributed by atoms with E-state index in [2.05, 4.69) is 15.9 Å². The molecule has 0 aromatic heterocycles. The number of para-hydroxylation sites is 2. The van der Waals surface area contributed by atoms with Gasteiger partial charge in [-0.2, -0.15) is 0 Å². The third-order valence-corrected chi connectivity index (χ3v) is 3.65. The summed E-state index contributed by atoms with van der Waals surface area (Å²) in [5.41, 5.74) is 8.87. The Morgan fingerprint density at radius 3 is 2.58 bits per heavy atom. The molecule has 2 rings (SSSR count). The zero-order chi connectivity index (χ0) is 14.0. The molecule has 0 saturated heterocycles. The van der Waals surface area contributed by atoms with Gasteiger partial charge in [0.25, 0.3) is 5.91 Å². The molecule has 0 aliphatic heterocycles. The molecule has 0 fully saturated rings. The van der Waals surface area contributed by atoms with Gasteiger partial charge in [-0.05, 0) is 47.1 Å². The average molecular weight is 319 g/mol. The fourth-order valence-corrected chi connectivity index (χ4v) is 2.30. The molecule has 0 bridgehead atoms. The molecule has 0 spiro atoms. The number of amides is 1. The minimum Gasteiger partial charge on any atom is -0.397 e. The standard InChI is InChI=1S/C15H15BrN2O/c1-10-7-8-12(16)11(9-10)15(19)18(2)14-6-4-3-5-13(14)17/h3-9H,17H2,1-2H3. The molecule has 98 valence electrons. The summed E-state index contributed by atoms with van der Waals surface area (Å²) < 4.78 is 0.782. The summed E-state index contributed by atoms with van der Waals surface area (Å²) in [6, 6.07) is 13.0. The van der Waals surface area contributed by atoms with Gasteiger partial charge in [-0.1, -0.05) is 23.8 Å². The van der Waals surface area contributed by atoms with Crippen molar-refractivity contribution in [3.05, 3.63) is 58.1 Å². The molecule has 2 aromatic carbocycles. The summed E-state index contributed by atoms with van der Waals surface area (Å²) in [5, 5.41) is 0. The van der Waals surface area contributed by atoms with Crippen LogP contribution in [0.2, 0.25) is 0 Å². The highest BCUT2D eigenvalue weighted by molar-refractivity contribution is 9.10. The molecule has 1 amide bonds. The van der Waals surface area contributed by atoms with E-state index in [0.717, 1.165) is 10.0 Å². The molecule has 0 atom stereocenters. The second-order valence-corrected chi connectivity index (χ2v) is 5.26. The van der Waals surface area contributed by atoms with Gasteiger partial charge >= 0.3 is 0 Å². The van der Waals surface area contributed by atoms with E-state index in [1.54, 1.807) is 18.0 Å². The molecule has 0 aliphatic rings. The lowest BCUT2D eigenvalue weighted by molar-refractivity contribution is 0.0992. The third kappa shape index (κ3) is 2.79. The van der Waals surface area contributed by atoms with Crippen LogP contribution >= 0.6 is 15.9 Å². The van der Waals surface area contributed by atoms with Crippen molar-refractivity contribution in [1.29, 1.82) is 0 Å². The van der Waals surface area contributed by atoms with Gasteiger partial charge in [0.1, 0.15) is 0 Å². The molecule has 19 heavy (non-hydrogen) atoms. The van der Waals surface area contributed by atoms with Gasteiger partial charge in [-0.15, -0.1) is 0 Å². The van der Waals surface area contributed by atoms with Crippen molar-refractivity contribution >= 4 is 33.2 Å². The summed E-state index contributed by atoms with van der Waals surface area (Å²) >= 11 is 3.41. The van der Waals surface area contributed by atoms with Crippen molar-refractivity contribution in [3.63, 3.8) is 0 Å². The number of halogens is 1. The highest BCUT2D eigenvalue weighted by atomic mass is 79.9. The first kappa shape index (κ1) is 13.6. The average Bonchev–Trinajstić information content (AvgIpc) is 2.40. The molecule has 2 aromatic rings. The van der Waals surface area contributed by atoms with Crippen LogP contribution in [0.3, 0.4) is 0 Å². The number of benzene rings is 2. The molecular formula is C15H15BrN2O. The zero-order valence-electron chi connectivity index (χ0n) is 10.9. The van der Waals surface area contributed by atoms with E-state index in [0.29, 0.717) is 16.9 Å². The van der Waals surface area contributed by atoms with Gasteiger partial charge in [0.15, 0.2) is 0 Å². The fraction of sp³-hybridized carbons (Fsp3) is 0.133. The number of aryl methyl sites for hydroxylation is 1. The Hall–Kier alpha value is -1.81. The van der Waals surface area contributed by atoms with Crippen molar-refractivity contribution in [2.45, 2.75) is 6.92 Å². The summed E-state index contributed by atoms with van der Waals surface area (Å²) in [6.07, 6.45) is 0. The molecule has 0 heterocycles. The summed E-state index contributed by atoms with van der Waals surface area (Å²) in [4.78, 5) is 14.1. The Morgan fingerprint density at radius 2 is 1.89 bits per heavy atom. The van der Waals surface area contributed by atoms with Crippen LogP contribution in [0.4, 0.5) is 11.4 Å². The number of nitrogen functional groups attached to an aromatic ring is 1. The smallest absolute Gasteiger partial charge is 0.259 e. The molecule has 0 saturated carbocycles. The van der Waals surface area contributed by atoms with E-state index in [-0.39, 0.29) is 5.91 Å². The van der Waals surface area contributed by atoms with Crippen molar-refractivity contribution in [1.82, 2.24) is 0 Å². The van der Waals surface area contributed by atoms with E-state index in [9.17, 15) is 4.79 Å². The van der Waals surface area contributed by atoms with Gasteiger partial charge in [-0.25, -0.2) is 0 Å². The number of carbonyl (C=O) groups is 1. The molecule has 4 heteroatoms. The van der Waals surface area contributed by atoms with Crippen LogP contribution in [0, 0.1) is 6.92 Å². The first-order valence-electron chi connectivity index (χ1n) is 5.89. The normalized spacial score (nSPS) is 10.3. The van der Waals surface area contributed by atoms with E-state index in [1.165, 1.54) is 0 Å². The largest absolute Gasteiger partial charge is 0.397 e. The summed E-state index contributed by atoms with van der Waals surface area (Å²) in [7, 11) is 1.72. The van der Waals surface area contributed by atoms with Crippen molar-refractivity contribution in [2.75, 3.05) is 17.7 Å². The number of hydrogen-bond donors (Lipinski definition) is 1. The van der Waals surface area contributed by atoms with Crippen LogP contribution < -0.4 is 10.6 Å². The van der Waals surface area contributed by atoms with Crippen LogP contribution in [-0.2, 0) is 0 Å². The van der Waals surface area contributed by atoms with Gasteiger partial charge in [-0.3, -0.25) is 4.79 Å². The van der Waals surface area contributed by atoms with Crippen LogP contribution in [0.5, 0.6) is 0 Å². The molecule has 0 radical (unpaired) electrons. The maximum Gasteiger partial charge on any atom is 0.259 e. The Bertz CT molecular complexity index is 625. The van der Waals surface area contributed by atoms with Gasteiger partial charge in [0.2, 0.25) is 0 Å². The van der Waals surface area contributed by atoms with Crippen LogP contribution in [0.25, 0.3) is 0 Å². The quantitative estimate of drug-likeness (QED) is 0.860. The predicted molar refractivity (Wildman–Crippen MR) is 82.5 cm³/mol. The Kier molecular flexibility index (Phi) is 3.90. The maximum atomic E-state index is 12.5. The van der Waals surface area contributed by atoms with E-state index < -0.39 is 0 Å². The Labute approximate surface area is 121 Å². The second-order valence-electron chi connectivity index (χ2n) is 4.41. The molecule has 0 aliphatic carbocycles. The number of nitrogens with two attached hydrogens (primary N) is 1. The highest BCUT2D eigenvalue weighted by Gasteiger charge is 2.17. The lowest BCUT2D eigenvalue weighted by Gasteiger charge is -2.20. The maximum absolute atomic E-state index is 12.5. The van der Waals surface area contributed by atoms with E-state index in [4.69, 9.17) is 5.73 Å². The lowest BCUT2D eigenvalue weighted by Crippen LogP contribution is -2.27. The van der Waals surface area contributed by atoms with Crippen LogP contribution in [-0.4, -0.2) is 13.0 Å². The van der Waals surface area contributed by atoms with Gasteiger partial charge in [0.05, 0.1) is 16.9 Å². The van der Waals surface area contributed by atoms with Crippen LogP contribution in [0.15, 0.2) is 46.9 Å². The van der Waals surface area contributed by atoms with E-state index >= 15 is 0 Å². The Morgan fingerprint density at radius 1 is 1.21 bits per heavy atom. The Balaban J connectivity index is 2.39. The van der Waals surface area contributed by atoms with Crippen molar-refractivity contribution in [2.24, 2.45) is 0 Å². The fourth-order valence-electron chi connectivity index (χ4n) is 1.89. The van der Waals surface area contributed by atoms with Crippen molar-refractivity contribution < 1.29 is 4.79 Å². The molecular weight excluding hydrogens is 304 g/mol. The third-order valence-electron chi connectivity index (χ3n) is 2.96.